The molecule has 0 aromatic heterocycles. The molecule has 27 heavy (non-hydrogen) atoms. The lowest BCUT2D eigenvalue weighted by Crippen LogP contribution is -2.17. The second-order valence-electron chi connectivity index (χ2n) is 5.91. The Hall–Kier alpha value is -1.52. The highest BCUT2D eigenvalue weighted by atomic mass is 32.1. The number of hydrogen-bond acceptors (Lipinski definition) is 3. The molecular weight excluding hydrogens is 357 g/mol. The van der Waals surface area contributed by atoms with Gasteiger partial charge in [0.15, 0.2) is 0 Å². The summed E-state index contributed by atoms with van der Waals surface area (Å²) in [4.78, 5) is 1.11. The molecule has 1 unspecified atom stereocenters. The molecule has 4 heteroatoms. The summed E-state index contributed by atoms with van der Waals surface area (Å²) >= 11 is 4.04. The quantitative estimate of drug-likeness (QED) is 0.176. The van der Waals surface area contributed by atoms with Crippen LogP contribution < -0.4 is 5.32 Å². The average molecular weight is 398 g/mol. The molecular formula is C23H40FNOS. The van der Waals surface area contributed by atoms with E-state index in [9.17, 15) is 4.39 Å². The Balaban J connectivity index is -0.000000340. The fourth-order valence-corrected chi connectivity index (χ4v) is 1.74. The molecule has 0 aliphatic carbocycles. The van der Waals surface area contributed by atoms with Gasteiger partial charge in [-0.05, 0) is 76.3 Å². The number of halogens is 1. The van der Waals surface area contributed by atoms with Crippen molar-refractivity contribution in [2.24, 2.45) is 5.92 Å². The first-order valence-corrected chi connectivity index (χ1v) is 9.75. The van der Waals surface area contributed by atoms with Crippen molar-refractivity contribution in [1.82, 2.24) is 5.32 Å². The van der Waals surface area contributed by atoms with E-state index in [4.69, 9.17) is 4.74 Å². The van der Waals surface area contributed by atoms with E-state index in [1.54, 1.807) is 18.4 Å². The van der Waals surface area contributed by atoms with Crippen molar-refractivity contribution >= 4 is 12.6 Å². The molecule has 0 radical (unpaired) electrons. The zero-order valence-corrected chi connectivity index (χ0v) is 19.0. The van der Waals surface area contributed by atoms with Gasteiger partial charge in [-0.1, -0.05) is 50.8 Å². The lowest BCUT2D eigenvalue weighted by Gasteiger charge is -2.09. The summed E-state index contributed by atoms with van der Waals surface area (Å²) in [5, 5.41) is 3.13. The van der Waals surface area contributed by atoms with Gasteiger partial charge < -0.3 is 10.1 Å². The van der Waals surface area contributed by atoms with Crippen LogP contribution in [-0.2, 0) is 4.74 Å². The normalized spacial score (nSPS) is 13.1. The molecule has 0 bridgehead atoms. The van der Waals surface area contributed by atoms with Gasteiger partial charge in [0.1, 0.15) is 5.83 Å². The molecule has 0 amide bonds. The van der Waals surface area contributed by atoms with E-state index in [0.717, 1.165) is 36.5 Å². The van der Waals surface area contributed by atoms with E-state index in [-0.39, 0.29) is 5.83 Å². The lowest BCUT2D eigenvalue weighted by molar-refractivity contribution is 0.225. The standard InChI is InChI=1S/C10H19NO.C8H11F.C5H10S/c1-4-5-7-12-8-6-10(2)9-11-3;1-4-7(3)6-8(9)5-2;1-3-4-5(2)6/h4-5,7,10-11H,1,6,8-9H2,2-3H3;4-6H,2H2,1,3H3;4,6H,3H2,1-2H3/b7-5+;7-4-,8-6+;5-4+. The molecule has 0 aliphatic heterocycles. The number of rotatable bonds is 10. The Morgan fingerprint density at radius 2 is 1.93 bits per heavy atom. The van der Waals surface area contributed by atoms with Crippen molar-refractivity contribution in [3.63, 3.8) is 0 Å². The van der Waals surface area contributed by atoms with Crippen molar-refractivity contribution in [2.45, 2.75) is 47.5 Å². The van der Waals surface area contributed by atoms with Crippen molar-refractivity contribution in [3.05, 3.63) is 72.2 Å². The molecule has 0 spiro atoms. The molecule has 0 aliphatic rings. The van der Waals surface area contributed by atoms with E-state index >= 15 is 0 Å². The predicted molar refractivity (Wildman–Crippen MR) is 125 cm³/mol. The Morgan fingerprint density at radius 1 is 1.30 bits per heavy atom. The summed E-state index contributed by atoms with van der Waals surface area (Å²) in [5.41, 5.74) is 0.910. The summed E-state index contributed by atoms with van der Waals surface area (Å²) in [6.45, 7) is 18.6. The molecule has 156 valence electrons. The van der Waals surface area contributed by atoms with Crippen LogP contribution in [0.2, 0.25) is 0 Å². The highest BCUT2D eigenvalue weighted by Crippen LogP contribution is 2.03. The Morgan fingerprint density at radius 3 is 2.30 bits per heavy atom. The maximum Gasteiger partial charge on any atom is 0.122 e. The van der Waals surface area contributed by atoms with Crippen LogP contribution in [0.15, 0.2) is 72.2 Å². The minimum absolute atomic E-state index is 0.286. The first-order chi connectivity index (χ1) is 12.8. The van der Waals surface area contributed by atoms with E-state index in [1.807, 2.05) is 33.9 Å². The van der Waals surface area contributed by atoms with Crippen molar-refractivity contribution < 1.29 is 9.13 Å². The third-order valence-electron chi connectivity index (χ3n) is 3.11. The second-order valence-corrected chi connectivity index (χ2v) is 6.61. The van der Waals surface area contributed by atoms with Crippen LogP contribution in [0.5, 0.6) is 0 Å². The molecule has 0 saturated heterocycles. The molecule has 1 N–H and O–H groups in total. The number of hydrogen-bond donors (Lipinski definition) is 2. The average Bonchev–Trinajstić information content (AvgIpc) is 2.62. The zero-order chi connectivity index (χ0) is 21.5. The van der Waals surface area contributed by atoms with Gasteiger partial charge >= 0.3 is 0 Å². The van der Waals surface area contributed by atoms with Crippen molar-refractivity contribution in [2.75, 3.05) is 20.2 Å². The zero-order valence-electron chi connectivity index (χ0n) is 18.1. The van der Waals surface area contributed by atoms with Gasteiger partial charge in [0.05, 0.1) is 12.9 Å². The highest BCUT2D eigenvalue weighted by Gasteiger charge is 1.98. The summed E-state index contributed by atoms with van der Waals surface area (Å²) in [5.74, 6) is 0.387. The fraction of sp³-hybridized carbons (Fsp3) is 0.478. The van der Waals surface area contributed by atoms with Crippen LogP contribution in [0.1, 0.15) is 47.5 Å². The maximum absolute atomic E-state index is 12.3. The maximum atomic E-state index is 12.3. The molecule has 0 fully saturated rings. The minimum Gasteiger partial charge on any atom is -0.501 e. The number of ether oxygens (including phenoxy) is 1. The highest BCUT2D eigenvalue weighted by molar-refractivity contribution is 7.84. The SMILES string of the molecule is C=C/C(F)=C\C(C)=C/C.C=C/C=C/OCCC(C)CNC.CC/C=C(\C)S. The van der Waals surface area contributed by atoms with Gasteiger partial charge in [0, 0.05) is 0 Å². The number of allylic oxidation sites excluding steroid dienone is 9. The first-order valence-electron chi connectivity index (χ1n) is 9.30. The lowest BCUT2D eigenvalue weighted by atomic mass is 10.1. The summed E-state index contributed by atoms with van der Waals surface area (Å²) < 4.78 is 17.5. The summed E-state index contributed by atoms with van der Waals surface area (Å²) in [6, 6.07) is 0. The Kier molecular flexibility index (Phi) is 27.4. The smallest absolute Gasteiger partial charge is 0.122 e. The molecule has 0 aromatic rings. The van der Waals surface area contributed by atoms with E-state index < -0.39 is 0 Å². The third kappa shape index (κ3) is 32.6. The fourth-order valence-electron chi connectivity index (χ4n) is 1.55. The van der Waals surface area contributed by atoms with Gasteiger partial charge in [-0.3, -0.25) is 0 Å². The van der Waals surface area contributed by atoms with Crippen molar-refractivity contribution in [3.8, 4) is 0 Å². The van der Waals surface area contributed by atoms with Crippen LogP contribution >= 0.6 is 12.6 Å². The molecule has 0 aromatic carbocycles. The minimum atomic E-state index is -0.286. The van der Waals surface area contributed by atoms with Gasteiger partial charge in [-0.15, -0.1) is 12.6 Å². The van der Waals surface area contributed by atoms with Gasteiger partial charge in [0.2, 0.25) is 0 Å². The van der Waals surface area contributed by atoms with E-state index in [0.29, 0.717) is 5.92 Å². The van der Waals surface area contributed by atoms with Crippen LogP contribution in [0.3, 0.4) is 0 Å². The van der Waals surface area contributed by atoms with Gasteiger partial charge in [-0.25, -0.2) is 4.39 Å². The van der Waals surface area contributed by atoms with Crippen LogP contribution in [0, 0.1) is 5.92 Å². The largest absolute Gasteiger partial charge is 0.501 e. The number of nitrogens with one attached hydrogen (secondary N) is 1. The van der Waals surface area contributed by atoms with Crippen molar-refractivity contribution in [1.29, 1.82) is 0 Å². The third-order valence-corrected chi connectivity index (χ3v) is 3.29. The summed E-state index contributed by atoms with van der Waals surface area (Å²) in [6.07, 6.45) is 13.9. The van der Waals surface area contributed by atoms with E-state index in [1.165, 1.54) is 12.2 Å². The molecule has 1 atom stereocenters. The molecule has 0 heterocycles. The molecule has 0 rings (SSSR count). The monoisotopic (exact) mass is 397 g/mol. The number of thiol groups is 1. The van der Waals surface area contributed by atoms with Crippen LogP contribution in [-0.4, -0.2) is 20.2 Å². The molecule has 0 saturated carbocycles. The van der Waals surface area contributed by atoms with Crippen LogP contribution in [0.25, 0.3) is 0 Å². The van der Waals surface area contributed by atoms with Gasteiger partial charge in [0.25, 0.3) is 0 Å². The predicted octanol–water partition coefficient (Wildman–Crippen LogP) is 7.17. The van der Waals surface area contributed by atoms with Crippen LogP contribution in [0.4, 0.5) is 4.39 Å². The second kappa shape index (κ2) is 24.5. The first kappa shape index (κ1) is 30.2. The summed E-state index contributed by atoms with van der Waals surface area (Å²) in [7, 11) is 1.97. The molecule has 2 nitrogen and oxygen atoms in total. The van der Waals surface area contributed by atoms with Gasteiger partial charge in [-0.2, -0.15) is 0 Å². The topological polar surface area (TPSA) is 21.3 Å². The Labute approximate surface area is 173 Å². The van der Waals surface area contributed by atoms with E-state index in [2.05, 4.69) is 51.0 Å². The Bertz CT molecular complexity index is 475.